The van der Waals surface area contributed by atoms with E-state index >= 15 is 0 Å². The van der Waals surface area contributed by atoms with Crippen molar-refractivity contribution in [1.29, 1.82) is 0 Å². The third kappa shape index (κ3) is 4.31. The first kappa shape index (κ1) is 16.2. The number of nitrogens with zero attached hydrogens (tertiary/aromatic N) is 2. The highest BCUT2D eigenvalue weighted by molar-refractivity contribution is 9.10. The highest BCUT2D eigenvalue weighted by Crippen LogP contribution is 2.23. The van der Waals surface area contributed by atoms with Crippen LogP contribution in [0.2, 0.25) is 0 Å². The van der Waals surface area contributed by atoms with Gasteiger partial charge < -0.3 is 10.1 Å². The Morgan fingerprint density at radius 1 is 1.63 bits per heavy atom. The van der Waals surface area contributed by atoms with Crippen LogP contribution in [0, 0.1) is 0 Å². The molecule has 2 unspecified atom stereocenters. The smallest absolute Gasteiger partial charge is 0.326 e. The molecule has 108 valence electrons. The summed E-state index contributed by atoms with van der Waals surface area (Å²) in [4.78, 5) is 12.1. The van der Waals surface area contributed by atoms with Crippen molar-refractivity contribution < 1.29 is 9.53 Å². The minimum absolute atomic E-state index is 0.0970. The Morgan fingerprint density at radius 3 is 2.79 bits per heavy atom. The van der Waals surface area contributed by atoms with Gasteiger partial charge in [0.25, 0.3) is 0 Å². The zero-order valence-electron chi connectivity index (χ0n) is 11.9. The number of likely N-dealkylation sites (N-methyl/N-ethyl adjacent to an activating group) is 1. The number of halogens is 1. The van der Waals surface area contributed by atoms with E-state index in [0.29, 0.717) is 19.6 Å². The maximum Gasteiger partial charge on any atom is 0.326 e. The molecular formula is C13H22BrN3O2. The number of hydrogen-bond acceptors (Lipinski definition) is 4. The third-order valence-corrected chi connectivity index (χ3v) is 3.43. The van der Waals surface area contributed by atoms with Crippen LogP contribution in [0.4, 0.5) is 0 Å². The maximum atomic E-state index is 12.1. The molecule has 5 nitrogen and oxygen atoms in total. The highest BCUT2D eigenvalue weighted by atomic mass is 79.9. The topological polar surface area (TPSA) is 56.2 Å². The van der Waals surface area contributed by atoms with Gasteiger partial charge >= 0.3 is 5.97 Å². The van der Waals surface area contributed by atoms with Crippen LogP contribution in [0.15, 0.2) is 16.9 Å². The summed E-state index contributed by atoms with van der Waals surface area (Å²) in [5.41, 5.74) is -0.692. The van der Waals surface area contributed by atoms with Crippen LogP contribution in [-0.2, 0) is 9.53 Å². The van der Waals surface area contributed by atoms with Gasteiger partial charge in [0, 0.05) is 6.20 Å². The van der Waals surface area contributed by atoms with Gasteiger partial charge in [-0.3, -0.25) is 9.48 Å². The lowest BCUT2D eigenvalue weighted by Gasteiger charge is -2.30. The Balaban J connectivity index is 2.80. The Hall–Kier alpha value is -0.880. The molecule has 6 heteroatoms. The Kier molecular flexibility index (Phi) is 6.00. The van der Waals surface area contributed by atoms with E-state index in [-0.39, 0.29) is 12.0 Å². The van der Waals surface area contributed by atoms with Crippen LogP contribution < -0.4 is 5.32 Å². The van der Waals surface area contributed by atoms with Crippen molar-refractivity contribution in [2.75, 3.05) is 13.2 Å². The summed E-state index contributed by atoms with van der Waals surface area (Å²) in [5.74, 6) is -0.213. The van der Waals surface area contributed by atoms with Gasteiger partial charge in [0.05, 0.1) is 23.3 Å². The van der Waals surface area contributed by atoms with Gasteiger partial charge in [0.2, 0.25) is 0 Å². The predicted molar refractivity (Wildman–Crippen MR) is 78.0 cm³/mol. The Labute approximate surface area is 122 Å². The second-order valence-electron chi connectivity index (χ2n) is 4.77. The van der Waals surface area contributed by atoms with E-state index < -0.39 is 5.54 Å². The zero-order chi connectivity index (χ0) is 14.5. The minimum Gasteiger partial charge on any atom is -0.465 e. The minimum atomic E-state index is -0.692. The Morgan fingerprint density at radius 2 is 2.32 bits per heavy atom. The molecule has 0 saturated carbocycles. The summed E-state index contributed by atoms with van der Waals surface area (Å²) < 4.78 is 7.94. The summed E-state index contributed by atoms with van der Waals surface area (Å²) in [7, 11) is 0. The summed E-state index contributed by atoms with van der Waals surface area (Å²) in [6.07, 6.45) is 4.27. The molecule has 19 heavy (non-hydrogen) atoms. The van der Waals surface area contributed by atoms with E-state index in [2.05, 4.69) is 26.3 Å². The lowest BCUT2D eigenvalue weighted by molar-refractivity contribution is -0.151. The molecule has 0 saturated heterocycles. The summed E-state index contributed by atoms with van der Waals surface area (Å²) >= 11 is 3.37. The largest absolute Gasteiger partial charge is 0.465 e. The van der Waals surface area contributed by atoms with Crippen molar-refractivity contribution in [3.05, 3.63) is 16.9 Å². The number of carbonyl (C=O) groups is 1. The lowest BCUT2D eigenvalue weighted by Crippen LogP contribution is -2.51. The zero-order valence-corrected chi connectivity index (χ0v) is 13.5. The monoisotopic (exact) mass is 331 g/mol. The fraction of sp³-hybridized carbons (Fsp3) is 0.692. The van der Waals surface area contributed by atoms with E-state index in [0.717, 1.165) is 4.47 Å². The van der Waals surface area contributed by atoms with Crippen LogP contribution in [0.5, 0.6) is 0 Å². The molecule has 0 aliphatic carbocycles. The fourth-order valence-electron chi connectivity index (χ4n) is 2.15. The normalized spacial score (nSPS) is 15.8. The molecule has 1 aromatic rings. The van der Waals surface area contributed by atoms with Gasteiger partial charge in [-0.1, -0.05) is 6.92 Å². The molecule has 0 bridgehead atoms. The number of ether oxygens (including phenoxy) is 1. The highest BCUT2D eigenvalue weighted by Gasteiger charge is 2.35. The Bertz CT molecular complexity index is 422. The van der Waals surface area contributed by atoms with E-state index in [4.69, 9.17) is 4.74 Å². The quantitative estimate of drug-likeness (QED) is 0.780. The number of rotatable bonds is 7. The number of nitrogens with one attached hydrogen (secondary N) is 1. The van der Waals surface area contributed by atoms with Crippen molar-refractivity contribution in [3.63, 3.8) is 0 Å². The second-order valence-corrected chi connectivity index (χ2v) is 5.69. The SMILES string of the molecule is CCNC(C)(CC(C)n1cc(Br)cn1)C(=O)OCC. The van der Waals surface area contributed by atoms with E-state index in [1.165, 1.54) is 0 Å². The van der Waals surface area contributed by atoms with Crippen LogP contribution in [0.3, 0.4) is 0 Å². The standard InChI is InChI=1S/C13H22BrN3O2/c1-5-15-13(4,12(18)19-6-2)7-10(3)17-9-11(14)8-16-17/h8-10,15H,5-7H2,1-4H3. The molecular weight excluding hydrogens is 310 g/mol. The second kappa shape index (κ2) is 7.05. The van der Waals surface area contributed by atoms with Gasteiger partial charge in [-0.2, -0.15) is 5.10 Å². The molecule has 0 radical (unpaired) electrons. The van der Waals surface area contributed by atoms with Gasteiger partial charge in [0.1, 0.15) is 5.54 Å². The molecule has 1 rings (SSSR count). The number of carbonyl (C=O) groups excluding carboxylic acids is 1. The molecule has 0 spiro atoms. The first-order chi connectivity index (χ1) is 8.92. The predicted octanol–water partition coefficient (Wildman–Crippen LogP) is 2.53. The lowest BCUT2D eigenvalue weighted by atomic mass is 9.93. The number of aromatic nitrogens is 2. The van der Waals surface area contributed by atoms with Crippen molar-refractivity contribution in [2.45, 2.75) is 45.7 Å². The first-order valence-electron chi connectivity index (χ1n) is 6.54. The van der Waals surface area contributed by atoms with Gasteiger partial charge in [0.15, 0.2) is 0 Å². The maximum absolute atomic E-state index is 12.1. The molecule has 0 amide bonds. The van der Waals surface area contributed by atoms with Crippen molar-refractivity contribution in [2.24, 2.45) is 0 Å². The van der Waals surface area contributed by atoms with Crippen LogP contribution in [-0.4, -0.2) is 34.4 Å². The van der Waals surface area contributed by atoms with Gasteiger partial charge in [-0.25, -0.2) is 0 Å². The van der Waals surface area contributed by atoms with Crippen molar-refractivity contribution in [3.8, 4) is 0 Å². The molecule has 0 aliphatic heterocycles. The summed E-state index contributed by atoms with van der Waals surface area (Å²) in [5, 5.41) is 7.48. The average molecular weight is 332 g/mol. The summed E-state index contributed by atoms with van der Waals surface area (Å²) in [6.45, 7) is 8.81. The number of esters is 1. The van der Waals surface area contributed by atoms with Gasteiger partial charge in [-0.05, 0) is 49.7 Å². The first-order valence-corrected chi connectivity index (χ1v) is 7.34. The van der Waals surface area contributed by atoms with Crippen molar-refractivity contribution >= 4 is 21.9 Å². The molecule has 1 heterocycles. The molecule has 0 aromatic carbocycles. The molecule has 1 N–H and O–H groups in total. The molecule has 1 aromatic heterocycles. The van der Waals surface area contributed by atoms with E-state index in [1.807, 2.05) is 38.6 Å². The molecule has 0 fully saturated rings. The third-order valence-electron chi connectivity index (χ3n) is 3.02. The average Bonchev–Trinajstić information content (AvgIpc) is 2.76. The van der Waals surface area contributed by atoms with Crippen molar-refractivity contribution in [1.82, 2.24) is 15.1 Å². The van der Waals surface area contributed by atoms with E-state index in [1.54, 1.807) is 6.20 Å². The summed E-state index contributed by atoms with van der Waals surface area (Å²) in [6, 6.07) is 0.0970. The van der Waals surface area contributed by atoms with Crippen LogP contribution >= 0.6 is 15.9 Å². The molecule has 2 atom stereocenters. The fourth-order valence-corrected chi connectivity index (χ4v) is 2.45. The van der Waals surface area contributed by atoms with Gasteiger partial charge in [-0.15, -0.1) is 0 Å². The molecule has 0 aliphatic rings. The van der Waals surface area contributed by atoms with Crippen LogP contribution in [0.25, 0.3) is 0 Å². The van der Waals surface area contributed by atoms with Crippen LogP contribution in [0.1, 0.15) is 40.2 Å². The van der Waals surface area contributed by atoms with E-state index in [9.17, 15) is 4.79 Å². The number of hydrogen-bond donors (Lipinski definition) is 1.